The van der Waals surface area contributed by atoms with E-state index in [-0.39, 0.29) is 11.4 Å². The largest absolute Gasteiger partial charge is 0.350 e. The minimum absolute atomic E-state index is 0.0992. The summed E-state index contributed by atoms with van der Waals surface area (Å²) in [5, 5.41) is 10.2. The van der Waals surface area contributed by atoms with Crippen molar-refractivity contribution in [1.29, 1.82) is 0 Å². The van der Waals surface area contributed by atoms with Crippen LogP contribution < -0.4 is 9.62 Å². The molecule has 0 aliphatic carbocycles. The first-order valence-electron chi connectivity index (χ1n) is 11.4. The van der Waals surface area contributed by atoms with Crippen molar-refractivity contribution >= 4 is 33.7 Å². The van der Waals surface area contributed by atoms with Crippen LogP contribution in [0.2, 0.25) is 0 Å². The number of rotatable bonds is 6. The topological polar surface area (TPSA) is 80.9 Å². The van der Waals surface area contributed by atoms with Crippen LogP contribution in [-0.2, 0) is 7.05 Å². The molecule has 0 bridgehead atoms. The van der Waals surface area contributed by atoms with Crippen LogP contribution in [0.5, 0.6) is 0 Å². The minimum atomic E-state index is -0.943. The molecule has 10 heteroatoms. The van der Waals surface area contributed by atoms with Gasteiger partial charge in [0, 0.05) is 31.5 Å². The molecule has 184 valence electrons. The SMILES string of the molecule is Cc1nn(C)cc1SNC(=O)c1ccc(-n2ccc(S(C)(C)C)n2)nc1N1CC(C)CC1(C)C. The van der Waals surface area contributed by atoms with Gasteiger partial charge < -0.3 is 4.90 Å². The molecule has 1 aliphatic rings. The Balaban J connectivity index is 1.70. The van der Waals surface area contributed by atoms with Crippen LogP contribution in [0.3, 0.4) is 0 Å². The molecular weight excluding hydrogens is 466 g/mol. The first-order chi connectivity index (χ1) is 15.8. The number of anilines is 1. The van der Waals surface area contributed by atoms with E-state index >= 15 is 0 Å². The predicted octanol–water partition coefficient (Wildman–Crippen LogP) is 4.42. The Labute approximate surface area is 208 Å². The van der Waals surface area contributed by atoms with E-state index in [1.165, 1.54) is 11.9 Å². The highest BCUT2D eigenvalue weighted by molar-refractivity contribution is 8.32. The van der Waals surface area contributed by atoms with E-state index < -0.39 is 10.0 Å². The molecule has 0 spiro atoms. The van der Waals surface area contributed by atoms with E-state index in [9.17, 15) is 4.79 Å². The molecule has 0 aromatic carbocycles. The van der Waals surface area contributed by atoms with E-state index in [1.54, 1.807) is 4.68 Å². The molecule has 1 saturated heterocycles. The number of hydrogen-bond donors (Lipinski definition) is 1. The molecule has 3 aromatic rings. The highest BCUT2D eigenvalue weighted by atomic mass is 32.3. The van der Waals surface area contributed by atoms with Crippen molar-refractivity contribution in [2.24, 2.45) is 13.0 Å². The van der Waals surface area contributed by atoms with Crippen molar-refractivity contribution < 1.29 is 4.79 Å². The normalized spacial score (nSPS) is 18.4. The van der Waals surface area contributed by atoms with E-state index in [0.29, 0.717) is 23.1 Å². The maximum Gasteiger partial charge on any atom is 0.265 e. The third-order valence-corrected chi connectivity index (χ3v) is 8.46. The Morgan fingerprint density at radius 1 is 1.21 bits per heavy atom. The molecule has 1 fully saturated rings. The lowest BCUT2D eigenvalue weighted by molar-refractivity contribution is 0.0984. The summed E-state index contributed by atoms with van der Waals surface area (Å²) >= 11 is 1.29. The number of carbonyl (C=O) groups excluding carboxylic acids is 1. The number of carbonyl (C=O) groups is 1. The molecule has 1 unspecified atom stereocenters. The Hall–Kier alpha value is -2.46. The standard InChI is InChI=1S/C24H35N7OS2/c1-16-13-24(3,4)30(14-16)22-18(23(32)28-33-19-15-29(5)26-17(19)2)9-10-20(25-22)31-12-11-21(27-31)34(6,7)8/h9-12,15-16H,13-14H2,1-8H3,(H,28,32). The fourth-order valence-corrected chi connectivity index (χ4v) is 6.01. The summed E-state index contributed by atoms with van der Waals surface area (Å²) in [6.45, 7) is 9.47. The van der Waals surface area contributed by atoms with Crippen LogP contribution in [0.25, 0.3) is 5.82 Å². The summed E-state index contributed by atoms with van der Waals surface area (Å²) in [6, 6.07) is 5.81. The number of amides is 1. The average molecular weight is 502 g/mol. The number of nitrogens with one attached hydrogen (secondary N) is 1. The van der Waals surface area contributed by atoms with Gasteiger partial charge in [0.2, 0.25) is 0 Å². The quantitative estimate of drug-likeness (QED) is 0.504. The van der Waals surface area contributed by atoms with Crippen molar-refractivity contribution in [2.75, 3.05) is 30.2 Å². The van der Waals surface area contributed by atoms with Gasteiger partial charge in [-0.1, -0.05) is 6.92 Å². The van der Waals surface area contributed by atoms with Crippen LogP contribution in [0, 0.1) is 12.8 Å². The van der Waals surface area contributed by atoms with Crippen LogP contribution in [0.4, 0.5) is 5.82 Å². The van der Waals surface area contributed by atoms with Gasteiger partial charge in [-0.3, -0.25) is 14.2 Å². The number of aromatic nitrogens is 5. The maximum absolute atomic E-state index is 13.3. The summed E-state index contributed by atoms with van der Waals surface area (Å²) in [7, 11) is 0.931. The highest BCUT2D eigenvalue weighted by Crippen LogP contribution is 2.44. The zero-order valence-electron chi connectivity index (χ0n) is 21.3. The van der Waals surface area contributed by atoms with Gasteiger partial charge in [0.25, 0.3) is 5.91 Å². The lowest BCUT2D eigenvalue weighted by Gasteiger charge is -2.34. The average Bonchev–Trinajstić information content (AvgIpc) is 3.42. The van der Waals surface area contributed by atoms with Crippen molar-refractivity contribution in [3.63, 3.8) is 0 Å². The Kier molecular flexibility index (Phi) is 6.50. The Morgan fingerprint density at radius 3 is 2.50 bits per heavy atom. The molecule has 1 N–H and O–H groups in total. The first kappa shape index (κ1) is 24.7. The van der Waals surface area contributed by atoms with Crippen LogP contribution in [0.15, 0.2) is 40.5 Å². The molecule has 0 saturated carbocycles. The van der Waals surface area contributed by atoms with Crippen LogP contribution >= 0.6 is 22.0 Å². The number of pyridine rings is 1. The van der Waals surface area contributed by atoms with Crippen molar-refractivity contribution in [3.05, 3.63) is 41.9 Å². The number of aryl methyl sites for hydroxylation is 2. The van der Waals surface area contributed by atoms with Gasteiger partial charge in [0.15, 0.2) is 5.82 Å². The van der Waals surface area contributed by atoms with Gasteiger partial charge in [0.1, 0.15) is 10.8 Å². The molecule has 4 heterocycles. The molecule has 1 amide bonds. The molecular formula is C24H35N7OS2. The summed E-state index contributed by atoms with van der Waals surface area (Å²) in [5.74, 6) is 1.77. The monoisotopic (exact) mass is 501 g/mol. The molecule has 34 heavy (non-hydrogen) atoms. The van der Waals surface area contributed by atoms with E-state index in [0.717, 1.165) is 28.6 Å². The number of nitrogens with zero attached hydrogens (tertiary/aromatic N) is 6. The van der Waals surface area contributed by atoms with Gasteiger partial charge in [-0.2, -0.15) is 10.2 Å². The second-order valence-electron chi connectivity index (χ2n) is 10.5. The highest BCUT2D eigenvalue weighted by Gasteiger charge is 2.39. The summed E-state index contributed by atoms with van der Waals surface area (Å²) in [5.41, 5.74) is 1.35. The summed E-state index contributed by atoms with van der Waals surface area (Å²) < 4.78 is 6.56. The Morgan fingerprint density at radius 2 is 1.94 bits per heavy atom. The first-order valence-corrected chi connectivity index (χ1v) is 15.0. The minimum Gasteiger partial charge on any atom is -0.350 e. The van der Waals surface area contributed by atoms with E-state index in [1.807, 2.05) is 43.2 Å². The summed E-state index contributed by atoms with van der Waals surface area (Å²) in [6.07, 6.45) is 11.6. The molecule has 4 rings (SSSR count). The van der Waals surface area contributed by atoms with Crippen molar-refractivity contribution in [3.8, 4) is 5.82 Å². The van der Waals surface area contributed by atoms with Gasteiger partial charge in [-0.25, -0.2) is 19.7 Å². The predicted molar refractivity (Wildman–Crippen MR) is 141 cm³/mol. The third-order valence-electron chi connectivity index (χ3n) is 6.08. The van der Waals surface area contributed by atoms with E-state index in [4.69, 9.17) is 10.1 Å². The second-order valence-corrected chi connectivity index (χ2v) is 15.4. The van der Waals surface area contributed by atoms with Gasteiger partial charge in [-0.05, 0) is 82.0 Å². The Bertz CT molecular complexity index is 1210. The molecule has 1 aliphatic heterocycles. The van der Waals surface area contributed by atoms with Crippen LogP contribution in [0.1, 0.15) is 43.2 Å². The number of hydrogen-bond acceptors (Lipinski definition) is 6. The zero-order chi connectivity index (χ0) is 24.8. The van der Waals surface area contributed by atoms with Crippen molar-refractivity contribution in [2.45, 2.75) is 49.6 Å². The molecule has 1 atom stereocenters. The maximum atomic E-state index is 13.3. The molecule has 8 nitrogen and oxygen atoms in total. The molecule has 3 aromatic heterocycles. The summed E-state index contributed by atoms with van der Waals surface area (Å²) in [4.78, 5) is 21.5. The lowest BCUT2D eigenvalue weighted by atomic mass is 9.97. The van der Waals surface area contributed by atoms with Crippen molar-refractivity contribution in [1.82, 2.24) is 29.3 Å². The zero-order valence-corrected chi connectivity index (χ0v) is 22.9. The van der Waals surface area contributed by atoms with Gasteiger partial charge in [0.05, 0.1) is 16.2 Å². The lowest BCUT2D eigenvalue weighted by Crippen LogP contribution is -2.40. The third kappa shape index (κ3) is 4.98. The van der Waals surface area contributed by atoms with Gasteiger partial charge in [-0.15, -0.1) is 0 Å². The molecule has 0 radical (unpaired) electrons. The second kappa shape index (κ2) is 8.96. The fraction of sp³-hybridized carbons (Fsp3) is 0.500. The smallest absolute Gasteiger partial charge is 0.265 e. The van der Waals surface area contributed by atoms with Crippen LogP contribution in [-0.4, -0.2) is 61.3 Å². The van der Waals surface area contributed by atoms with E-state index in [2.05, 4.69) is 60.3 Å². The fourth-order valence-electron chi connectivity index (χ4n) is 4.50. The van der Waals surface area contributed by atoms with Gasteiger partial charge >= 0.3 is 0 Å².